The van der Waals surface area contributed by atoms with Gasteiger partial charge in [0.25, 0.3) is 0 Å². The van der Waals surface area contributed by atoms with E-state index >= 15 is 0 Å². The molecule has 2 heteroatoms. The maximum Gasteiger partial charge on any atom is 0.217 e. The van der Waals surface area contributed by atoms with Crippen LogP contribution in [0.1, 0.15) is 46.5 Å². The average molecular weight is 181 g/mol. The summed E-state index contributed by atoms with van der Waals surface area (Å²) in [6.07, 6.45) is 7.25. The quantitative estimate of drug-likeness (QED) is 0.651. The van der Waals surface area contributed by atoms with Gasteiger partial charge in [-0.05, 0) is 39.5 Å². The van der Waals surface area contributed by atoms with Crippen LogP contribution in [0.5, 0.6) is 0 Å². The molecule has 74 valence electrons. The summed E-state index contributed by atoms with van der Waals surface area (Å²) in [4.78, 5) is 10.9. The Morgan fingerprint density at radius 3 is 2.38 bits per heavy atom. The molecule has 0 aromatic heterocycles. The van der Waals surface area contributed by atoms with Crippen molar-refractivity contribution in [1.82, 2.24) is 5.32 Å². The maximum absolute atomic E-state index is 10.9. The van der Waals surface area contributed by atoms with Crippen molar-refractivity contribution in [3.63, 3.8) is 0 Å². The molecular formula is C11H19NO. The Labute approximate surface area is 80.4 Å². The SMILES string of the molecule is CC(=O)NC(C)(C)C=C1CCCC1. The van der Waals surface area contributed by atoms with Crippen molar-refractivity contribution >= 4 is 5.91 Å². The normalized spacial score (nSPS) is 17.3. The van der Waals surface area contributed by atoms with E-state index in [4.69, 9.17) is 0 Å². The van der Waals surface area contributed by atoms with Crippen LogP contribution in [-0.4, -0.2) is 11.4 Å². The molecule has 13 heavy (non-hydrogen) atoms. The zero-order valence-corrected chi connectivity index (χ0v) is 8.81. The van der Waals surface area contributed by atoms with Crippen LogP contribution in [0.15, 0.2) is 11.6 Å². The summed E-state index contributed by atoms with van der Waals surface area (Å²) >= 11 is 0. The van der Waals surface area contributed by atoms with E-state index in [9.17, 15) is 4.79 Å². The molecule has 1 fully saturated rings. The molecule has 0 spiro atoms. The summed E-state index contributed by atoms with van der Waals surface area (Å²) in [5.41, 5.74) is 1.32. The first-order valence-electron chi connectivity index (χ1n) is 4.99. The molecule has 0 unspecified atom stereocenters. The van der Waals surface area contributed by atoms with Gasteiger partial charge in [0.1, 0.15) is 0 Å². The number of carbonyl (C=O) groups excluding carboxylic acids is 1. The number of nitrogens with one attached hydrogen (secondary N) is 1. The molecule has 0 heterocycles. The number of carbonyl (C=O) groups is 1. The van der Waals surface area contributed by atoms with Gasteiger partial charge in [0.2, 0.25) is 5.91 Å². The predicted octanol–water partition coefficient (Wildman–Crippen LogP) is 2.40. The summed E-state index contributed by atoms with van der Waals surface area (Å²) in [6.45, 7) is 5.65. The Morgan fingerprint density at radius 1 is 1.38 bits per heavy atom. The molecule has 1 rings (SSSR count). The van der Waals surface area contributed by atoms with Crippen molar-refractivity contribution in [2.24, 2.45) is 0 Å². The van der Waals surface area contributed by atoms with Crippen molar-refractivity contribution in [1.29, 1.82) is 0 Å². The third-order valence-corrected chi connectivity index (χ3v) is 2.31. The fraction of sp³-hybridized carbons (Fsp3) is 0.727. The van der Waals surface area contributed by atoms with Gasteiger partial charge in [-0.3, -0.25) is 4.79 Å². The smallest absolute Gasteiger partial charge is 0.217 e. The van der Waals surface area contributed by atoms with E-state index < -0.39 is 0 Å². The monoisotopic (exact) mass is 181 g/mol. The van der Waals surface area contributed by atoms with Gasteiger partial charge in [0.05, 0.1) is 5.54 Å². The van der Waals surface area contributed by atoms with Gasteiger partial charge in [0, 0.05) is 6.92 Å². The second-order valence-corrected chi connectivity index (χ2v) is 4.41. The lowest BCUT2D eigenvalue weighted by Crippen LogP contribution is -2.40. The van der Waals surface area contributed by atoms with Crippen molar-refractivity contribution in [2.75, 3.05) is 0 Å². The molecule has 0 bridgehead atoms. The highest BCUT2D eigenvalue weighted by Gasteiger charge is 2.17. The van der Waals surface area contributed by atoms with Gasteiger partial charge < -0.3 is 5.32 Å². The standard InChI is InChI=1S/C11H19NO/c1-9(13)12-11(2,3)8-10-6-4-5-7-10/h8H,4-7H2,1-3H3,(H,12,13). The molecule has 1 amide bonds. The average Bonchev–Trinajstić information content (AvgIpc) is 2.34. The van der Waals surface area contributed by atoms with E-state index in [1.807, 2.05) is 13.8 Å². The molecule has 0 aromatic rings. The lowest BCUT2D eigenvalue weighted by atomic mass is 10.0. The Morgan fingerprint density at radius 2 is 1.92 bits per heavy atom. The molecule has 1 aliphatic carbocycles. The van der Waals surface area contributed by atoms with Gasteiger partial charge in [-0.1, -0.05) is 11.6 Å². The second kappa shape index (κ2) is 3.95. The van der Waals surface area contributed by atoms with E-state index in [1.54, 1.807) is 6.92 Å². The first-order chi connectivity index (χ1) is 5.99. The van der Waals surface area contributed by atoms with Crippen LogP contribution in [0.4, 0.5) is 0 Å². The van der Waals surface area contributed by atoms with Crippen LogP contribution in [0.3, 0.4) is 0 Å². The van der Waals surface area contributed by atoms with Crippen molar-refractivity contribution in [2.45, 2.75) is 52.0 Å². The van der Waals surface area contributed by atoms with E-state index in [1.165, 1.54) is 31.3 Å². The van der Waals surface area contributed by atoms with Gasteiger partial charge in [-0.2, -0.15) is 0 Å². The first-order valence-corrected chi connectivity index (χ1v) is 4.99. The van der Waals surface area contributed by atoms with Gasteiger partial charge in [0.15, 0.2) is 0 Å². The van der Waals surface area contributed by atoms with Crippen LogP contribution in [0.25, 0.3) is 0 Å². The Balaban J connectivity index is 2.58. The molecule has 0 aliphatic heterocycles. The van der Waals surface area contributed by atoms with Crippen LogP contribution in [0.2, 0.25) is 0 Å². The minimum atomic E-state index is -0.175. The predicted molar refractivity (Wildman–Crippen MR) is 54.4 cm³/mol. The molecule has 0 atom stereocenters. The van der Waals surface area contributed by atoms with Crippen molar-refractivity contribution in [3.8, 4) is 0 Å². The summed E-state index contributed by atoms with van der Waals surface area (Å²) in [5.74, 6) is 0.0415. The number of hydrogen-bond acceptors (Lipinski definition) is 1. The minimum Gasteiger partial charge on any atom is -0.348 e. The summed E-state index contributed by atoms with van der Waals surface area (Å²) in [5, 5.41) is 2.93. The highest BCUT2D eigenvalue weighted by atomic mass is 16.1. The third kappa shape index (κ3) is 3.62. The summed E-state index contributed by atoms with van der Waals surface area (Å²) in [7, 11) is 0. The Hall–Kier alpha value is -0.790. The zero-order valence-electron chi connectivity index (χ0n) is 8.81. The van der Waals surface area contributed by atoms with Gasteiger partial charge in [-0.25, -0.2) is 0 Å². The van der Waals surface area contributed by atoms with Crippen molar-refractivity contribution < 1.29 is 4.79 Å². The Bertz CT molecular complexity index is 220. The molecule has 0 aromatic carbocycles. The van der Waals surface area contributed by atoms with E-state index in [2.05, 4.69) is 11.4 Å². The second-order valence-electron chi connectivity index (χ2n) is 4.41. The fourth-order valence-electron chi connectivity index (χ4n) is 1.97. The molecule has 2 nitrogen and oxygen atoms in total. The van der Waals surface area contributed by atoms with Crippen LogP contribution >= 0.6 is 0 Å². The largest absolute Gasteiger partial charge is 0.348 e. The number of amides is 1. The van der Waals surface area contributed by atoms with Crippen LogP contribution in [-0.2, 0) is 4.79 Å². The fourth-order valence-corrected chi connectivity index (χ4v) is 1.97. The van der Waals surface area contributed by atoms with Gasteiger partial charge >= 0.3 is 0 Å². The highest BCUT2D eigenvalue weighted by Crippen LogP contribution is 2.25. The molecule has 0 radical (unpaired) electrons. The molecule has 1 saturated carbocycles. The topological polar surface area (TPSA) is 29.1 Å². The van der Waals surface area contributed by atoms with Crippen LogP contribution in [0, 0.1) is 0 Å². The first kappa shape index (κ1) is 10.3. The van der Waals surface area contributed by atoms with E-state index in [0.717, 1.165) is 0 Å². The maximum atomic E-state index is 10.9. The number of hydrogen-bond donors (Lipinski definition) is 1. The lowest BCUT2D eigenvalue weighted by molar-refractivity contribution is -0.120. The summed E-state index contributed by atoms with van der Waals surface area (Å²) in [6, 6.07) is 0. The Kier molecular flexibility index (Phi) is 3.12. The molecule has 0 saturated heterocycles. The van der Waals surface area contributed by atoms with Crippen molar-refractivity contribution in [3.05, 3.63) is 11.6 Å². The van der Waals surface area contributed by atoms with E-state index in [-0.39, 0.29) is 11.4 Å². The summed E-state index contributed by atoms with van der Waals surface area (Å²) < 4.78 is 0. The lowest BCUT2D eigenvalue weighted by Gasteiger charge is -2.22. The van der Waals surface area contributed by atoms with Gasteiger partial charge in [-0.15, -0.1) is 0 Å². The number of rotatable bonds is 2. The highest BCUT2D eigenvalue weighted by molar-refractivity contribution is 5.74. The van der Waals surface area contributed by atoms with E-state index in [0.29, 0.717) is 0 Å². The third-order valence-electron chi connectivity index (χ3n) is 2.31. The minimum absolute atomic E-state index is 0.0415. The zero-order chi connectivity index (χ0) is 9.90. The molecular weight excluding hydrogens is 162 g/mol. The molecule has 1 N–H and O–H groups in total. The molecule has 1 aliphatic rings. The van der Waals surface area contributed by atoms with Crippen LogP contribution < -0.4 is 5.32 Å². The number of allylic oxidation sites excluding steroid dienone is 1.